The van der Waals surface area contributed by atoms with Crippen LogP contribution in [0.5, 0.6) is 0 Å². The summed E-state index contributed by atoms with van der Waals surface area (Å²) in [5, 5.41) is 11.8. The third-order valence-electron chi connectivity index (χ3n) is 3.11. The molecule has 96 valence electrons. The second-order valence-electron chi connectivity index (χ2n) is 4.70. The summed E-state index contributed by atoms with van der Waals surface area (Å²) < 4.78 is 0. The highest BCUT2D eigenvalue weighted by Crippen LogP contribution is 2.23. The van der Waals surface area contributed by atoms with Gasteiger partial charge in [0, 0.05) is 19.1 Å². The van der Waals surface area contributed by atoms with Crippen LogP contribution in [0.2, 0.25) is 0 Å². The van der Waals surface area contributed by atoms with E-state index in [9.17, 15) is 9.59 Å². The molecule has 1 fully saturated rings. The zero-order valence-electron chi connectivity index (χ0n) is 10.3. The first kappa shape index (κ1) is 13.5. The van der Waals surface area contributed by atoms with E-state index in [-0.39, 0.29) is 18.0 Å². The van der Waals surface area contributed by atoms with Gasteiger partial charge < -0.3 is 15.3 Å². The lowest BCUT2D eigenvalue weighted by Gasteiger charge is -2.20. The molecular weight excluding hydrogens is 220 g/mol. The van der Waals surface area contributed by atoms with Crippen LogP contribution in [0, 0.1) is 11.8 Å². The second-order valence-corrected chi connectivity index (χ2v) is 4.70. The smallest absolute Gasteiger partial charge is 0.317 e. The van der Waals surface area contributed by atoms with Crippen molar-refractivity contribution in [2.75, 3.05) is 13.1 Å². The molecule has 2 amide bonds. The Morgan fingerprint density at radius 1 is 1.59 bits per heavy atom. The Balaban J connectivity index is 2.50. The Morgan fingerprint density at radius 2 is 2.24 bits per heavy atom. The fourth-order valence-corrected chi connectivity index (χ4v) is 2.07. The van der Waals surface area contributed by atoms with E-state index >= 15 is 0 Å². The van der Waals surface area contributed by atoms with E-state index in [0.717, 1.165) is 0 Å². The maximum atomic E-state index is 11.8. The first-order chi connectivity index (χ1) is 7.95. The number of carboxylic acids is 1. The van der Waals surface area contributed by atoms with Gasteiger partial charge in [0.1, 0.15) is 0 Å². The van der Waals surface area contributed by atoms with E-state index in [4.69, 9.17) is 5.11 Å². The van der Waals surface area contributed by atoms with E-state index < -0.39 is 11.9 Å². The molecule has 2 N–H and O–H groups in total. The van der Waals surface area contributed by atoms with Crippen LogP contribution in [-0.4, -0.2) is 41.1 Å². The summed E-state index contributed by atoms with van der Waals surface area (Å²) in [5.41, 5.74) is 0. The molecule has 0 spiro atoms. The monoisotopic (exact) mass is 240 g/mol. The maximum absolute atomic E-state index is 11.8. The molecule has 0 aromatic carbocycles. The fraction of sp³-hybridized carbons (Fsp3) is 0.667. The Bertz CT molecular complexity index is 317. The summed E-state index contributed by atoms with van der Waals surface area (Å²) in [5.74, 6) is -1.27. The lowest BCUT2D eigenvalue weighted by molar-refractivity contribution is -0.142. The molecule has 1 heterocycles. The summed E-state index contributed by atoms with van der Waals surface area (Å²) in [6, 6.07) is -0.158. The SMILES string of the molecule is C=CCC(C)NC(=O)N1CC(C)C(C(=O)O)C1. The van der Waals surface area contributed by atoms with Gasteiger partial charge in [0.25, 0.3) is 0 Å². The van der Waals surface area contributed by atoms with Gasteiger partial charge in [0.15, 0.2) is 0 Å². The minimum atomic E-state index is -0.827. The Morgan fingerprint density at radius 3 is 2.71 bits per heavy atom. The number of carbonyl (C=O) groups excluding carboxylic acids is 1. The molecule has 1 aliphatic rings. The topological polar surface area (TPSA) is 69.6 Å². The van der Waals surface area contributed by atoms with Crippen molar-refractivity contribution in [2.24, 2.45) is 11.8 Å². The standard InChI is InChI=1S/C12H20N2O3/c1-4-5-9(3)13-12(17)14-6-8(2)10(7-14)11(15)16/h4,8-10H,1,5-7H2,2-3H3,(H,13,17)(H,15,16). The molecule has 1 rings (SSSR count). The van der Waals surface area contributed by atoms with Crippen molar-refractivity contribution in [3.63, 3.8) is 0 Å². The number of likely N-dealkylation sites (tertiary alicyclic amines) is 1. The normalized spacial score (nSPS) is 25.4. The van der Waals surface area contributed by atoms with Crippen LogP contribution in [0.15, 0.2) is 12.7 Å². The predicted molar refractivity (Wildman–Crippen MR) is 64.7 cm³/mol. The van der Waals surface area contributed by atoms with Crippen LogP contribution in [0.3, 0.4) is 0 Å². The number of carboxylic acid groups (broad SMARTS) is 1. The van der Waals surface area contributed by atoms with Crippen LogP contribution in [0.1, 0.15) is 20.3 Å². The third kappa shape index (κ3) is 3.47. The Hall–Kier alpha value is -1.52. The lowest BCUT2D eigenvalue weighted by atomic mass is 9.99. The van der Waals surface area contributed by atoms with E-state index in [1.165, 1.54) is 0 Å². The molecule has 3 unspecified atom stereocenters. The van der Waals surface area contributed by atoms with E-state index in [1.807, 2.05) is 13.8 Å². The van der Waals surface area contributed by atoms with Gasteiger partial charge in [-0.05, 0) is 19.3 Å². The molecule has 1 aliphatic heterocycles. The quantitative estimate of drug-likeness (QED) is 0.728. The van der Waals surface area contributed by atoms with Crippen LogP contribution in [-0.2, 0) is 4.79 Å². The van der Waals surface area contributed by atoms with E-state index in [2.05, 4.69) is 11.9 Å². The van der Waals surface area contributed by atoms with Crippen molar-refractivity contribution in [1.82, 2.24) is 10.2 Å². The predicted octanol–water partition coefficient (Wildman–Crippen LogP) is 1.31. The average Bonchev–Trinajstić information content (AvgIpc) is 2.60. The van der Waals surface area contributed by atoms with Crippen molar-refractivity contribution in [2.45, 2.75) is 26.3 Å². The molecule has 0 bridgehead atoms. The number of carbonyl (C=O) groups is 2. The van der Waals surface area contributed by atoms with Gasteiger partial charge >= 0.3 is 12.0 Å². The van der Waals surface area contributed by atoms with E-state index in [0.29, 0.717) is 19.5 Å². The van der Waals surface area contributed by atoms with Crippen LogP contribution < -0.4 is 5.32 Å². The molecule has 0 aliphatic carbocycles. The van der Waals surface area contributed by atoms with Crippen LogP contribution >= 0.6 is 0 Å². The minimum absolute atomic E-state index is 0.00737. The zero-order chi connectivity index (χ0) is 13.0. The zero-order valence-corrected chi connectivity index (χ0v) is 10.3. The van der Waals surface area contributed by atoms with Gasteiger partial charge in [0.05, 0.1) is 5.92 Å². The van der Waals surface area contributed by atoms with Gasteiger partial charge in [-0.2, -0.15) is 0 Å². The molecule has 5 heteroatoms. The molecule has 0 saturated carbocycles. The Labute approximate surface area is 101 Å². The molecule has 5 nitrogen and oxygen atoms in total. The lowest BCUT2D eigenvalue weighted by Crippen LogP contribution is -2.43. The van der Waals surface area contributed by atoms with Crippen molar-refractivity contribution < 1.29 is 14.7 Å². The number of nitrogens with one attached hydrogen (secondary N) is 1. The number of urea groups is 1. The van der Waals surface area contributed by atoms with Crippen molar-refractivity contribution in [1.29, 1.82) is 0 Å². The molecule has 3 atom stereocenters. The second kappa shape index (κ2) is 5.70. The van der Waals surface area contributed by atoms with Crippen LogP contribution in [0.4, 0.5) is 4.79 Å². The van der Waals surface area contributed by atoms with Crippen LogP contribution in [0.25, 0.3) is 0 Å². The number of aliphatic carboxylic acids is 1. The highest BCUT2D eigenvalue weighted by molar-refractivity contribution is 5.77. The largest absolute Gasteiger partial charge is 0.481 e. The van der Waals surface area contributed by atoms with Gasteiger partial charge in [-0.3, -0.25) is 4.79 Å². The van der Waals surface area contributed by atoms with Crippen molar-refractivity contribution in [3.05, 3.63) is 12.7 Å². The highest BCUT2D eigenvalue weighted by atomic mass is 16.4. The number of hydrogen-bond acceptors (Lipinski definition) is 2. The first-order valence-electron chi connectivity index (χ1n) is 5.84. The van der Waals surface area contributed by atoms with Crippen molar-refractivity contribution in [3.8, 4) is 0 Å². The first-order valence-corrected chi connectivity index (χ1v) is 5.84. The molecule has 0 aromatic rings. The summed E-state index contributed by atoms with van der Waals surface area (Å²) in [6.07, 6.45) is 2.45. The average molecular weight is 240 g/mol. The minimum Gasteiger partial charge on any atom is -0.481 e. The highest BCUT2D eigenvalue weighted by Gasteiger charge is 2.37. The fourth-order valence-electron chi connectivity index (χ4n) is 2.07. The third-order valence-corrected chi connectivity index (χ3v) is 3.11. The number of rotatable bonds is 4. The van der Waals surface area contributed by atoms with Gasteiger partial charge in [-0.15, -0.1) is 6.58 Å². The van der Waals surface area contributed by atoms with E-state index in [1.54, 1.807) is 11.0 Å². The number of amides is 2. The summed E-state index contributed by atoms with van der Waals surface area (Å²) in [6.45, 7) is 8.17. The molecule has 0 aromatic heterocycles. The van der Waals surface area contributed by atoms with Gasteiger partial charge in [-0.25, -0.2) is 4.79 Å². The molecule has 0 radical (unpaired) electrons. The molecule has 17 heavy (non-hydrogen) atoms. The summed E-state index contributed by atoms with van der Waals surface area (Å²) >= 11 is 0. The summed E-state index contributed by atoms with van der Waals surface area (Å²) in [4.78, 5) is 24.3. The molecular formula is C12H20N2O3. The number of hydrogen-bond donors (Lipinski definition) is 2. The van der Waals surface area contributed by atoms with Crippen molar-refractivity contribution >= 4 is 12.0 Å². The van der Waals surface area contributed by atoms with Gasteiger partial charge in [0.2, 0.25) is 0 Å². The Kier molecular flexibility index (Phi) is 4.54. The molecule has 1 saturated heterocycles. The van der Waals surface area contributed by atoms with Gasteiger partial charge in [-0.1, -0.05) is 13.0 Å². The summed E-state index contributed by atoms with van der Waals surface area (Å²) in [7, 11) is 0. The maximum Gasteiger partial charge on any atom is 0.317 e. The number of nitrogens with zero attached hydrogens (tertiary/aromatic N) is 1.